The van der Waals surface area contributed by atoms with Gasteiger partial charge in [-0.1, -0.05) is 48.5 Å². The predicted octanol–water partition coefficient (Wildman–Crippen LogP) is 2.83. The van der Waals surface area contributed by atoms with Gasteiger partial charge in [0.25, 0.3) is 5.56 Å². The number of benzene rings is 2. The molecule has 4 nitrogen and oxygen atoms in total. The van der Waals surface area contributed by atoms with E-state index in [1.165, 1.54) is 0 Å². The van der Waals surface area contributed by atoms with Crippen LogP contribution in [-0.2, 0) is 0 Å². The second-order valence-corrected chi connectivity index (χ2v) is 5.31. The van der Waals surface area contributed by atoms with Crippen LogP contribution in [0.25, 0.3) is 10.8 Å². The number of fused-ring (bicyclic) bond motifs is 1. The highest BCUT2D eigenvalue weighted by Crippen LogP contribution is 2.26. The predicted molar refractivity (Wildman–Crippen MR) is 88.8 cm³/mol. The Balaban J connectivity index is 2.36. The van der Waals surface area contributed by atoms with Gasteiger partial charge in [-0.05, 0) is 6.07 Å². The van der Waals surface area contributed by atoms with E-state index in [0.29, 0.717) is 27.7 Å². The topological polar surface area (TPSA) is 53.2 Å². The van der Waals surface area contributed by atoms with Gasteiger partial charge >= 0.3 is 0 Å². The van der Waals surface area contributed by atoms with E-state index in [4.69, 9.17) is 0 Å². The molecule has 1 aromatic heterocycles. The highest BCUT2D eigenvalue weighted by Gasteiger charge is 2.20. The van der Waals surface area contributed by atoms with Crippen molar-refractivity contribution in [3.05, 3.63) is 76.1 Å². The normalized spacial score (nSPS) is 10.6. The third kappa shape index (κ3) is 2.29. The molecule has 3 rings (SSSR count). The zero-order valence-corrected chi connectivity index (χ0v) is 12.5. The summed E-state index contributed by atoms with van der Waals surface area (Å²) in [5.41, 5.74) is 0.929. The van der Waals surface area contributed by atoms with Gasteiger partial charge in [-0.25, -0.2) is 0 Å². The second-order valence-electron chi connectivity index (χ2n) is 5.31. The first-order valence-electron chi connectivity index (χ1n) is 7.01. The van der Waals surface area contributed by atoms with Crippen LogP contribution in [0.1, 0.15) is 15.9 Å². The minimum atomic E-state index is -0.191. The van der Waals surface area contributed by atoms with Crippen molar-refractivity contribution in [1.82, 2.24) is 4.98 Å². The average molecular weight is 292 g/mol. The first-order chi connectivity index (χ1) is 10.6. The number of aromatic nitrogens is 1. The van der Waals surface area contributed by atoms with E-state index >= 15 is 0 Å². The molecule has 0 saturated carbocycles. The van der Waals surface area contributed by atoms with Crippen LogP contribution < -0.4 is 10.5 Å². The van der Waals surface area contributed by atoms with Crippen molar-refractivity contribution in [2.45, 2.75) is 0 Å². The third-order valence-electron chi connectivity index (χ3n) is 3.62. The van der Waals surface area contributed by atoms with Gasteiger partial charge in [-0.2, -0.15) is 0 Å². The number of hydrogen-bond donors (Lipinski definition) is 1. The number of nitrogens with one attached hydrogen (secondary N) is 1. The number of hydrogen-bond acceptors (Lipinski definition) is 3. The minimum Gasteiger partial charge on any atom is -0.364 e. The van der Waals surface area contributed by atoms with E-state index in [1.54, 1.807) is 29.2 Å². The SMILES string of the molecule is CN(C)c1[nH]c(=O)c2ccccc2c1C(=O)c1ccccc1. The Morgan fingerprint density at radius 3 is 2.14 bits per heavy atom. The molecule has 0 bridgehead atoms. The highest BCUT2D eigenvalue weighted by atomic mass is 16.1. The van der Waals surface area contributed by atoms with Gasteiger partial charge in [-0.15, -0.1) is 0 Å². The summed E-state index contributed by atoms with van der Waals surface area (Å²) in [5.74, 6) is 0.425. The molecular weight excluding hydrogens is 276 g/mol. The lowest BCUT2D eigenvalue weighted by molar-refractivity contribution is 0.104. The molecule has 0 aliphatic heterocycles. The van der Waals surface area contributed by atoms with Crippen molar-refractivity contribution in [2.75, 3.05) is 19.0 Å². The fourth-order valence-electron chi connectivity index (χ4n) is 2.56. The summed E-state index contributed by atoms with van der Waals surface area (Å²) < 4.78 is 0. The molecule has 0 fully saturated rings. The van der Waals surface area contributed by atoms with Crippen LogP contribution in [0.15, 0.2) is 59.4 Å². The molecule has 0 saturated heterocycles. The van der Waals surface area contributed by atoms with Crippen molar-refractivity contribution < 1.29 is 4.79 Å². The van der Waals surface area contributed by atoms with Crippen LogP contribution in [0.5, 0.6) is 0 Å². The van der Waals surface area contributed by atoms with Crippen molar-refractivity contribution in [3.63, 3.8) is 0 Å². The minimum absolute atomic E-state index is 0.100. The van der Waals surface area contributed by atoms with Crippen molar-refractivity contribution in [1.29, 1.82) is 0 Å². The summed E-state index contributed by atoms with van der Waals surface area (Å²) in [6, 6.07) is 16.3. The fraction of sp³-hybridized carbons (Fsp3) is 0.111. The molecule has 3 aromatic rings. The molecule has 0 unspecified atom stereocenters. The van der Waals surface area contributed by atoms with Crippen molar-refractivity contribution >= 4 is 22.4 Å². The van der Waals surface area contributed by atoms with Crippen LogP contribution in [0.3, 0.4) is 0 Å². The Labute approximate surface area is 128 Å². The molecule has 0 atom stereocenters. The third-order valence-corrected chi connectivity index (χ3v) is 3.62. The van der Waals surface area contributed by atoms with Crippen LogP contribution in [0.2, 0.25) is 0 Å². The lowest BCUT2D eigenvalue weighted by Crippen LogP contribution is -2.22. The van der Waals surface area contributed by atoms with Crippen molar-refractivity contribution in [2.24, 2.45) is 0 Å². The summed E-state index contributed by atoms with van der Waals surface area (Å²) >= 11 is 0. The molecule has 0 radical (unpaired) electrons. The van der Waals surface area contributed by atoms with E-state index in [1.807, 2.05) is 44.4 Å². The Morgan fingerprint density at radius 2 is 1.50 bits per heavy atom. The van der Waals surface area contributed by atoms with Crippen LogP contribution in [-0.4, -0.2) is 24.9 Å². The van der Waals surface area contributed by atoms with Gasteiger partial charge in [-0.3, -0.25) is 9.59 Å². The fourth-order valence-corrected chi connectivity index (χ4v) is 2.56. The largest absolute Gasteiger partial charge is 0.364 e. The van der Waals surface area contributed by atoms with Gasteiger partial charge in [0.05, 0.1) is 5.56 Å². The summed E-state index contributed by atoms with van der Waals surface area (Å²) in [6.45, 7) is 0. The smallest absolute Gasteiger partial charge is 0.257 e. The maximum absolute atomic E-state index is 12.9. The molecule has 1 heterocycles. The Kier molecular flexibility index (Phi) is 3.51. The molecule has 0 amide bonds. The summed E-state index contributed by atoms with van der Waals surface area (Å²) in [7, 11) is 3.61. The Hall–Kier alpha value is -2.88. The zero-order valence-electron chi connectivity index (χ0n) is 12.5. The molecule has 2 aromatic carbocycles. The van der Waals surface area contributed by atoms with Crippen molar-refractivity contribution in [3.8, 4) is 0 Å². The molecule has 110 valence electrons. The van der Waals surface area contributed by atoms with E-state index in [-0.39, 0.29) is 11.3 Å². The monoisotopic (exact) mass is 292 g/mol. The Morgan fingerprint density at radius 1 is 0.909 bits per heavy atom. The molecule has 4 heteroatoms. The lowest BCUT2D eigenvalue weighted by atomic mass is 9.98. The Bertz CT molecular complexity index is 896. The summed E-state index contributed by atoms with van der Waals surface area (Å²) in [5, 5.41) is 1.19. The summed E-state index contributed by atoms with van der Waals surface area (Å²) in [6.07, 6.45) is 0. The second kappa shape index (κ2) is 5.48. The molecule has 0 aliphatic rings. The number of anilines is 1. The first kappa shape index (κ1) is 14.1. The summed E-state index contributed by atoms with van der Waals surface area (Å²) in [4.78, 5) is 29.7. The quantitative estimate of drug-likeness (QED) is 0.755. The molecule has 22 heavy (non-hydrogen) atoms. The molecule has 1 N–H and O–H groups in total. The van der Waals surface area contributed by atoms with Gasteiger partial charge in [0.15, 0.2) is 5.78 Å². The number of aromatic amines is 1. The number of ketones is 1. The zero-order chi connectivity index (χ0) is 15.7. The van der Waals surface area contributed by atoms with Gasteiger partial charge in [0, 0.05) is 30.4 Å². The number of carbonyl (C=O) groups excluding carboxylic acids is 1. The maximum Gasteiger partial charge on any atom is 0.257 e. The molecule has 0 aliphatic carbocycles. The standard InChI is InChI=1S/C18H16N2O2/c1-20(2)17-15(16(21)12-8-4-3-5-9-12)13-10-6-7-11-14(13)18(22)19-17/h3-11H,1-2H3,(H,19,22). The maximum atomic E-state index is 12.9. The number of rotatable bonds is 3. The molecule has 0 spiro atoms. The highest BCUT2D eigenvalue weighted by molar-refractivity contribution is 6.19. The van der Waals surface area contributed by atoms with Crippen LogP contribution in [0.4, 0.5) is 5.82 Å². The van der Waals surface area contributed by atoms with E-state index in [2.05, 4.69) is 4.98 Å². The first-order valence-corrected chi connectivity index (χ1v) is 7.01. The molecular formula is C18H16N2O2. The van der Waals surface area contributed by atoms with Crippen LogP contribution in [0, 0.1) is 0 Å². The lowest BCUT2D eigenvalue weighted by Gasteiger charge is -2.18. The van der Waals surface area contributed by atoms with Gasteiger partial charge in [0.1, 0.15) is 5.82 Å². The number of pyridine rings is 1. The van der Waals surface area contributed by atoms with Crippen LogP contribution >= 0.6 is 0 Å². The van der Waals surface area contributed by atoms with E-state index < -0.39 is 0 Å². The average Bonchev–Trinajstić information content (AvgIpc) is 2.55. The van der Waals surface area contributed by atoms with E-state index in [0.717, 1.165) is 0 Å². The van der Waals surface area contributed by atoms with E-state index in [9.17, 15) is 9.59 Å². The number of carbonyl (C=O) groups is 1. The number of nitrogens with zero attached hydrogens (tertiary/aromatic N) is 1. The van der Waals surface area contributed by atoms with Gasteiger partial charge in [0.2, 0.25) is 0 Å². The van der Waals surface area contributed by atoms with Gasteiger partial charge < -0.3 is 9.88 Å². The number of H-pyrrole nitrogens is 1.